The molecule has 1 aliphatic carbocycles. The van der Waals surface area contributed by atoms with Crippen LogP contribution in [0.1, 0.15) is 51.4 Å². The van der Waals surface area contributed by atoms with E-state index in [-0.39, 0.29) is 35.5 Å². The lowest BCUT2D eigenvalue weighted by atomic mass is 9.81. The van der Waals surface area contributed by atoms with Crippen molar-refractivity contribution in [3.8, 4) is 0 Å². The molecule has 0 radical (unpaired) electrons. The number of amides is 4. The molecule has 138 valence electrons. The van der Waals surface area contributed by atoms with E-state index in [0.29, 0.717) is 19.5 Å². The summed E-state index contributed by atoms with van der Waals surface area (Å²) in [6, 6.07) is 0. The molecule has 1 saturated carbocycles. The van der Waals surface area contributed by atoms with E-state index in [0.717, 1.165) is 44.9 Å². The first-order valence-electron chi connectivity index (χ1n) is 9.07. The molecular formula is C18H27N3O4. The SMILES string of the molecule is NC(=O)CCCCCNC(=O)C1CCC(CN2C(=O)C=CC2=O)CC1. The van der Waals surface area contributed by atoms with Gasteiger partial charge in [0.25, 0.3) is 11.8 Å². The summed E-state index contributed by atoms with van der Waals surface area (Å²) >= 11 is 0. The Labute approximate surface area is 148 Å². The van der Waals surface area contributed by atoms with Crippen LogP contribution >= 0.6 is 0 Å². The molecule has 0 unspecified atom stereocenters. The minimum Gasteiger partial charge on any atom is -0.370 e. The van der Waals surface area contributed by atoms with Crippen molar-refractivity contribution in [2.75, 3.05) is 13.1 Å². The molecule has 0 atom stereocenters. The van der Waals surface area contributed by atoms with Crippen molar-refractivity contribution in [1.82, 2.24) is 10.2 Å². The number of nitrogens with two attached hydrogens (primary N) is 1. The third-order valence-electron chi connectivity index (χ3n) is 4.96. The lowest BCUT2D eigenvalue weighted by molar-refractivity contribution is -0.138. The standard InChI is InChI=1S/C18H27N3O4/c19-15(22)4-2-1-3-11-20-18(25)14-7-5-13(6-8-14)12-21-16(23)9-10-17(21)24/h9-10,13-14H,1-8,11-12H2,(H2,19,22)(H,20,25). The molecule has 0 spiro atoms. The van der Waals surface area contributed by atoms with E-state index in [1.165, 1.54) is 17.1 Å². The van der Waals surface area contributed by atoms with Gasteiger partial charge in [0, 0.05) is 37.6 Å². The zero-order chi connectivity index (χ0) is 18.2. The summed E-state index contributed by atoms with van der Waals surface area (Å²) in [4.78, 5) is 47.3. The fourth-order valence-electron chi connectivity index (χ4n) is 3.43. The molecule has 0 saturated heterocycles. The number of hydrogen-bond acceptors (Lipinski definition) is 4. The second kappa shape index (κ2) is 9.34. The minimum atomic E-state index is -0.283. The zero-order valence-electron chi connectivity index (χ0n) is 14.5. The van der Waals surface area contributed by atoms with E-state index in [4.69, 9.17) is 5.73 Å². The van der Waals surface area contributed by atoms with Gasteiger partial charge < -0.3 is 11.1 Å². The third kappa shape index (κ3) is 5.99. The van der Waals surface area contributed by atoms with Gasteiger partial charge in [-0.2, -0.15) is 0 Å². The van der Waals surface area contributed by atoms with E-state index in [1.54, 1.807) is 0 Å². The number of nitrogens with one attached hydrogen (secondary N) is 1. The van der Waals surface area contributed by atoms with Gasteiger partial charge in [-0.25, -0.2) is 0 Å². The minimum absolute atomic E-state index is 0.0185. The van der Waals surface area contributed by atoms with Crippen LogP contribution in [0.25, 0.3) is 0 Å². The van der Waals surface area contributed by atoms with Crippen LogP contribution in [-0.2, 0) is 19.2 Å². The van der Waals surface area contributed by atoms with Crippen molar-refractivity contribution in [2.45, 2.75) is 51.4 Å². The molecule has 0 bridgehead atoms. The predicted molar refractivity (Wildman–Crippen MR) is 92.0 cm³/mol. The topological polar surface area (TPSA) is 110 Å². The third-order valence-corrected chi connectivity index (χ3v) is 4.96. The maximum Gasteiger partial charge on any atom is 0.253 e. The molecule has 2 rings (SSSR count). The first kappa shape index (κ1) is 19.1. The van der Waals surface area contributed by atoms with Gasteiger partial charge in [-0.05, 0) is 44.4 Å². The molecular weight excluding hydrogens is 322 g/mol. The zero-order valence-corrected chi connectivity index (χ0v) is 14.5. The normalized spacial score (nSPS) is 23.1. The van der Waals surface area contributed by atoms with Gasteiger partial charge >= 0.3 is 0 Å². The van der Waals surface area contributed by atoms with Crippen molar-refractivity contribution in [3.63, 3.8) is 0 Å². The second-order valence-electron chi connectivity index (χ2n) is 6.91. The Bertz CT molecular complexity index is 533. The number of imide groups is 1. The summed E-state index contributed by atoms with van der Waals surface area (Å²) in [5, 5.41) is 2.96. The Hall–Kier alpha value is -2.18. The van der Waals surface area contributed by atoms with Gasteiger partial charge in [0.1, 0.15) is 0 Å². The van der Waals surface area contributed by atoms with Gasteiger partial charge in [-0.1, -0.05) is 6.42 Å². The largest absolute Gasteiger partial charge is 0.370 e. The van der Waals surface area contributed by atoms with Crippen molar-refractivity contribution in [1.29, 1.82) is 0 Å². The number of carbonyl (C=O) groups is 4. The smallest absolute Gasteiger partial charge is 0.253 e. The van der Waals surface area contributed by atoms with Crippen molar-refractivity contribution in [2.24, 2.45) is 17.6 Å². The lowest BCUT2D eigenvalue weighted by Crippen LogP contribution is -2.38. The first-order valence-corrected chi connectivity index (χ1v) is 9.07. The first-order chi connectivity index (χ1) is 12.0. The molecule has 1 fully saturated rings. The van der Waals surface area contributed by atoms with Crippen LogP contribution < -0.4 is 11.1 Å². The van der Waals surface area contributed by atoms with Crippen LogP contribution in [-0.4, -0.2) is 41.6 Å². The van der Waals surface area contributed by atoms with Crippen LogP contribution in [0.2, 0.25) is 0 Å². The maximum absolute atomic E-state index is 12.2. The Morgan fingerprint density at radius 3 is 2.28 bits per heavy atom. The summed E-state index contributed by atoms with van der Waals surface area (Å²) in [6.45, 7) is 1.08. The number of unbranched alkanes of at least 4 members (excludes halogenated alkanes) is 2. The average Bonchev–Trinajstić information content (AvgIpc) is 2.90. The predicted octanol–water partition coefficient (Wildman–Crippen LogP) is 0.880. The van der Waals surface area contributed by atoms with E-state index >= 15 is 0 Å². The Morgan fingerprint density at radius 1 is 1.04 bits per heavy atom. The van der Waals surface area contributed by atoms with Crippen molar-refractivity contribution >= 4 is 23.6 Å². The highest BCUT2D eigenvalue weighted by atomic mass is 16.2. The Balaban J connectivity index is 1.59. The van der Waals surface area contributed by atoms with E-state index in [9.17, 15) is 19.2 Å². The maximum atomic E-state index is 12.2. The number of carbonyl (C=O) groups excluding carboxylic acids is 4. The molecule has 0 aromatic rings. The van der Waals surface area contributed by atoms with Crippen molar-refractivity contribution in [3.05, 3.63) is 12.2 Å². The second-order valence-corrected chi connectivity index (χ2v) is 6.91. The molecule has 3 N–H and O–H groups in total. The van der Waals surface area contributed by atoms with Gasteiger partial charge in [-0.3, -0.25) is 24.1 Å². The highest BCUT2D eigenvalue weighted by Gasteiger charge is 2.31. The summed E-state index contributed by atoms with van der Waals surface area (Å²) in [5.74, 6) is -0.365. The Kier molecular flexibility index (Phi) is 7.16. The van der Waals surface area contributed by atoms with Crippen LogP contribution in [0.15, 0.2) is 12.2 Å². The number of primary amides is 1. The van der Waals surface area contributed by atoms with Crippen LogP contribution in [0.5, 0.6) is 0 Å². The fraction of sp³-hybridized carbons (Fsp3) is 0.667. The van der Waals surface area contributed by atoms with Crippen LogP contribution in [0.4, 0.5) is 0 Å². The molecule has 4 amide bonds. The van der Waals surface area contributed by atoms with Gasteiger partial charge in [0.05, 0.1) is 0 Å². The average molecular weight is 349 g/mol. The van der Waals surface area contributed by atoms with E-state index in [2.05, 4.69) is 5.32 Å². The van der Waals surface area contributed by atoms with Gasteiger partial charge in [0.2, 0.25) is 11.8 Å². The number of hydrogen-bond donors (Lipinski definition) is 2. The molecule has 7 heteroatoms. The number of rotatable bonds is 9. The van der Waals surface area contributed by atoms with E-state index < -0.39 is 0 Å². The summed E-state index contributed by atoms with van der Waals surface area (Å²) < 4.78 is 0. The molecule has 1 aliphatic heterocycles. The summed E-state index contributed by atoms with van der Waals surface area (Å²) in [5.41, 5.74) is 5.08. The highest BCUT2D eigenvalue weighted by Crippen LogP contribution is 2.30. The van der Waals surface area contributed by atoms with E-state index in [1.807, 2.05) is 0 Å². The van der Waals surface area contributed by atoms with Crippen molar-refractivity contribution < 1.29 is 19.2 Å². The quantitative estimate of drug-likeness (QED) is 0.475. The Morgan fingerprint density at radius 2 is 1.68 bits per heavy atom. The van der Waals surface area contributed by atoms with Crippen LogP contribution in [0, 0.1) is 11.8 Å². The molecule has 25 heavy (non-hydrogen) atoms. The molecule has 7 nitrogen and oxygen atoms in total. The molecule has 0 aromatic heterocycles. The summed E-state index contributed by atoms with van der Waals surface area (Å²) in [6.07, 6.45) is 8.80. The fourth-order valence-corrected chi connectivity index (χ4v) is 3.43. The molecule has 2 aliphatic rings. The molecule has 1 heterocycles. The molecule has 0 aromatic carbocycles. The number of nitrogens with zero attached hydrogens (tertiary/aromatic N) is 1. The monoisotopic (exact) mass is 349 g/mol. The van der Waals surface area contributed by atoms with Crippen LogP contribution in [0.3, 0.4) is 0 Å². The van der Waals surface area contributed by atoms with Gasteiger partial charge in [0.15, 0.2) is 0 Å². The lowest BCUT2D eigenvalue weighted by Gasteiger charge is -2.30. The van der Waals surface area contributed by atoms with Gasteiger partial charge in [-0.15, -0.1) is 0 Å². The highest BCUT2D eigenvalue weighted by molar-refractivity contribution is 6.12. The summed E-state index contributed by atoms with van der Waals surface area (Å²) in [7, 11) is 0.